The number of nitrogens with zero attached hydrogens (tertiary/aromatic N) is 4. The monoisotopic (exact) mass is 305 g/mol. The minimum Gasteiger partial charge on any atom is -0.358 e. The predicted molar refractivity (Wildman–Crippen MR) is 75.3 cm³/mol. The van der Waals surface area contributed by atoms with Gasteiger partial charge in [0.2, 0.25) is 5.91 Å². The molecule has 10 heteroatoms. The zero-order valence-corrected chi connectivity index (χ0v) is 11.4. The van der Waals surface area contributed by atoms with E-state index >= 15 is 0 Å². The SMILES string of the molecule is Cc1cc([N+](=O)[O-])nn1CC(=O)Nc1ccc([N+](=O)[O-])cc1. The Hall–Kier alpha value is -3.30. The van der Waals surface area contributed by atoms with Crippen molar-refractivity contribution in [3.05, 3.63) is 56.3 Å². The van der Waals surface area contributed by atoms with Gasteiger partial charge in [0.05, 0.1) is 21.8 Å². The Morgan fingerprint density at radius 2 is 1.86 bits per heavy atom. The first kappa shape index (κ1) is 15.1. The number of hydrogen-bond donors (Lipinski definition) is 1. The zero-order chi connectivity index (χ0) is 16.3. The average Bonchev–Trinajstić information content (AvgIpc) is 2.81. The number of non-ortho nitro benzene ring substituents is 1. The quantitative estimate of drug-likeness (QED) is 0.659. The number of nitrogens with one attached hydrogen (secondary N) is 1. The molecule has 0 spiro atoms. The second-order valence-corrected chi connectivity index (χ2v) is 4.41. The summed E-state index contributed by atoms with van der Waals surface area (Å²) in [6.07, 6.45) is 0. The van der Waals surface area contributed by atoms with Crippen LogP contribution in [0.15, 0.2) is 30.3 Å². The van der Waals surface area contributed by atoms with Crippen LogP contribution in [0.25, 0.3) is 0 Å². The van der Waals surface area contributed by atoms with Crippen molar-refractivity contribution in [2.75, 3.05) is 5.32 Å². The summed E-state index contributed by atoms with van der Waals surface area (Å²) in [5, 5.41) is 27.4. The third kappa shape index (κ3) is 3.42. The number of benzene rings is 1. The van der Waals surface area contributed by atoms with Gasteiger partial charge in [-0.2, -0.15) is 4.68 Å². The largest absolute Gasteiger partial charge is 0.390 e. The number of carbonyl (C=O) groups is 1. The van der Waals surface area contributed by atoms with Crippen LogP contribution in [0.4, 0.5) is 17.2 Å². The summed E-state index contributed by atoms with van der Waals surface area (Å²) >= 11 is 0. The van der Waals surface area contributed by atoms with Crippen LogP contribution in [0.3, 0.4) is 0 Å². The van der Waals surface area contributed by atoms with Gasteiger partial charge in [-0.15, -0.1) is 0 Å². The van der Waals surface area contributed by atoms with E-state index in [0.717, 1.165) is 0 Å². The summed E-state index contributed by atoms with van der Waals surface area (Å²) in [5.74, 6) is -0.782. The lowest BCUT2D eigenvalue weighted by Crippen LogP contribution is -2.20. The second kappa shape index (κ2) is 5.99. The van der Waals surface area contributed by atoms with E-state index in [4.69, 9.17) is 0 Å². The van der Waals surface area contributed by atoms with Gasteiger partial charge in [0, 0.05) is 17.8 Å². The summed E-state index contributed by atoms with van der Waals surface area (Å²) in [7, 11) is 0. The summed E-state index contributed by atoms with van der Waals surface area (Å²) in [6.45, 7) is 1.40. The van der Waals surface area contributed by atoms with E-state index < -0.39 is 15.8 Å². The topological polar surface area (TPSA) is 133 Å². The van der Waals surface area contributed by atoms with Crippen molar-refractivity contribution < 1.29 is 14.6 Å². The lowest BCUT2D eigenvalue weighted by atomic mass is 10.3. The number of aromatic nitrogens is 2. The summed E-state index contributed by atoms with van der Waals surface area (Å²) in [5.41, 5.74) is 0.775. The van der Waals surface area contributed by atoms with E-state index in [-0.39, 0.29) is 18.1 Å². The third-order valence-corrected chi connectivity index (χ3v) is 2.81. The van der Waals surface area contributed by atoms with Crippen LogP contribution in [-0.4, -0.2) is 25.5 Å². The van der Waals surface area contributed by atoms with E-state index in [9.17, 15) is 25.0 Å². The smallest absolute Gasteiger partial charge is 0.358 e. The minimum atomic E-state index is -0.641. The number of hydrogen-bond acceptors (Lipinski definition) is 6. The van der Waals surface area contributed by atoms with Gasteiger partial charge < -0.3 is 15.4 Å². The number of aryl methyl sites for hydroxylation is 1. The van der Waals surface area contributed by atoms with Crippen LogP contribution >= 0.6 is 0 Å². The minimum absolute atomic E-state index is 0.0865. The van der Waals surface area contributed by atoms with Crippen LogP contribution in [0.2, 0.25) is 0 Å². The first-order chi connectivity index (χ1) is 10.4. The second-order valence-electron chi connectivity index (χ2n) is 4.41. The molecule has 0 atom stereocenters. The molecule has 0 aliphatic heterocycles. The molecule has 22 heavy (non-hydrogen) atoms. The normalized spacial score (nSPS) is 10.2. The van der Waals surface area contributed by atoms with Gasteiger partial charge in [-0.1, -0.05) is 0 Å². The Labute approximate surface area is 123 Å². The molecule has 1 aromatic heterocycles. The Balaban J connectivity index is 2.03. The van der Waals surface area contributed by atoms with Crippen molar-refractivity contribution in [2.45, 2.75) is 13.5 Å². The van der Waals surface area contributed by atoms with Crippen molar-refractivity contribution in [3.63, 3.8) is 0 Å². The summed E-state index contributed by atoms with van der Waals surface area (Å²) in [6, 6.07) is 6.58. The maximum atomic E-state index is 11.9. The molecular weight excluding hydrogens is 294 g/mol. The van der Waals surface area contributed by atoms with Gasteiger partial charge in [-0.25, -0.2) is 0 Å². The van der Waals surface area contributed by atoms with Gasteiger partial charge in [-0.05, 0) is 24.0 Å². The first-order valence-electron chi connectivity index (χ1n) is 6.10. The van der Waals surface area contributed by atoms with Gasteiger partial charge in [0.25, 0.3) is 5.69 Å². The predicted octanol–water partition coefficient (Wildman–Crippen LogP) is 1.65. The van der Waals surface area contributed by atoms with Gasteiger partial charge in [-0.3, -0.25) is 14.9 Å². The molecule has 10 nitrogen and oxygen atoms in total. The molecule has 1 N–H and O–H groups in total. The molecule has 2 aromatic rings. The van der Waals surface area contributed by atoms with Gasteiger partial charge in [0.1, 0.15) is 6.54 Å². The van der Waals surface area contributed by atoms with Crippen LogP contribution in [0.1, 0.15) is 5.69 Å². The number of rotatable bonds is 5. The molecule has 1 amide bonds. The van der Waals surface area contributed by atoms with Crippen molar-refractivity contribution in [1.82, 2.24) is 9.78 Å². The molecule has 1 aromatic carbocycles. The Morgan fingerprint density at radius 3 is 2.36 bits per heavy atom. The third-order valence-electron chi connectivity index (χ3n) is 2.81. The van der Waals surface area contributed by atoms with Crippen LogP contribution < -0.4 is 5.32 Å². The Kier molecular flexibility index (Phi) is 4.11. The van der Waals surface area contributed by atoms with E-state index in [1.807, 2.05) is 0 Å². The maximum Gasteiger partial charge on any atom is 0.390 e. The number of nitro groups is 2. The van der Waals surface area contributed by atoms with Crippen LogP contribution in [-0.2, 0) is 11.3 Å². The lowest BCUT2D eigenvalue weighted by Gasteiger charge is -2.04. The van der Waals surface area contributed by atoms with Crippen molar-refractivity contribution in [1.29, 1.82) is 0 Å². The molecule has 2 rings (SSSR count). The molecule has 0 unspecified atom stereocenters. The van der Waals surface area contributed by atoms with E-state index in [0.29, 0.717) is 11.4 Å². The molecule has 0 fully saturated rings. The fraction of sp³-hybridized carbons (Fsp3) is 0.167. The highest BCUT2D eigenvalue weighted by Gasteiger charge is 2.17. The van der Waals surface area contributed by atoms with Crippen LogP contribution in [0.5, 0.6) is 0 Å². The molecule has 0 saturated carbocycles. The number of nitro benzene ring substituents is 1. The molecule has 114 valence electrons. The van der Waals surface area contributed by atoms with E-state index in [2.05, 4.69) is 10.4 Å². The van der Waals surface area contributed by atoms with Gasteiger partial charge >= 0.3 is 5.82 Å². The van der Waals surface area contributed by atoms with E-state index in [1.165, 1.54) is 35.0 Å². The molecule has 1 heterocycles. The Bertz CT molecular complexity index is 737. The molecule has 0 radical (unpaired) electrons. The first-order valence-corrected chi connectivity index (χ1v) is 6.10. The maximum absolute atomic E-state index is 11.9. The summed E-state index contributed by atoms with van der Waals surface area (Å²) < 4.78 is 1.21. The Morgan fingerprint density at radius 1 is 1.23 bits per heavy atom. The highest BCUT2D eigenvalue weighted by molar-refractivity contribution is 5.90. The zero-order valence-electron chi connectivity index (χ0n) is 11.4. The van der Waals surface area contributed by atoms with Crippen molar-refractivity contribution >= 4 is 23.1 Å². The molecule has 0 aliphatic rings. The molecular formula is C12H11N5O5. The average molecular weight is 305 g/mol. The van der Waals surface area contributed by atoms with Gasteiger partial charge in [0.15, 0.2) is 0 Å². The fourth-order valence-electron chi connectivity index (χ4n) is 1.75. The number of carbonyl (C=O) groups excluding carboxylic acids is 1. The summed E-state index contributed by atoms with van der Waals surface area (Å²) in [4.78, 5) is 31.8. The number of anilines is 1. The number of amides is 1. The molecule has 0 aliphatic carbocycles. The highest BCUT2D eigenvalue weighted by Crippen LogP contribution is 2.16. The molecule has 0 saturated heterocycles. The standard InChI is InChI=1S/C12H11N5O5/c1-8-6-11(17(21)22)14-15(8)7-12(18)13-9-2-4-10(5-3-9)16(19)20/h2-6H,7H2,1H3,(H,13,18). The fourth-order valence-corrected chi connectivity index (χ4v) is 1.75. The lowest BCUT2D eigenvalue weighted by molar-refractivity contribution is -0.389. The molecule has 0 bridgehead atoms. The highest BCUT2D eigenvalue weighted by atomic mass is 16.6. The van der Waals surface area contributed by atoms with E-state index in [1.54, 1.807) is 6.92 Å². The van der Waals surface area contributed by atoms with Crippen molar-refractivity contribution in [2.24, 2.45) is 0 Å². The van der Waals surface area contributed by atoms with Crippen molar-refractivity contribution in [3.8, 4) is 0 Å². The van der Waals surface area contributed by atoms with Crippen LogP contribution in [0, 0.1) is 27.2 Å².